The lowest BCUT2D eigenvalue weighted by Crippen LogP contribution is -2.39. The summed E-state index contributed by atoms with van der Waals surface area (Å²) in [5, 5.41) is 0. The molecule has 0 aromatic carbocycles. The molecule has 0 heterocycles. The molecule has 0 saturated heterocycles. The summed E-state index contributed by atoms with van der Waals surface area (Å²) in [5.41, 5.74) is 5.72. The molecule has 68 valence electrons. The average Bonchev–Trinajstić information content (AvgIpc) is 1.99. The largest absolute Gasteiger partial charge is 0.316 e. The van der Waals surface area contributed by atoms with E-state index in [1.54, 1.807) is 0 Å². The molecule has 1 unspecified atom stereocenters. The van der Waals surface area contributed by atoms with Gasteiger partial charge >= 0.3 is 0 Å². The predicted octanol–water partition coefficient (Wildman–Crippen LogP) is 1.66. The van der Waals surface area contributed by atoms with Gasteiger partial charge in [0.05, 0.1) is 6.17 Å². The predicted molar refractivity (Wildman–Crippen MR) is 50.4 cm³/mol. The van der Waals surface area contributed by atoms with E-state index in [9.17, 15) is 0 Å². The van der Waals surface area contributed by atoms with E-state index in [2.05, 4.69) is 25.8 Å². The lowest BCUT2D eigenvalue weighted by molar-refractivity contribution is 0.215. The maximum atomic E-state index is 5.72. The van der Waals surface area contributed by atoms with Crippen molar-refractivity contribution in [3.63, 3.8) is 0 Å². The third-order valence-electron chi connectivity index (χ3n) is 2.40. The molecule has 0 aliphatic carbocycles. The maximum Gasteiger partial charge on any atom is 0.0540 e. The van der Waals surface area contributed by atoms with Crippen LogP contribution in [0.3, 0.4) is 0 Å². The lowest BCUT2D eigenvalue weighted by Gasteiger charge is -2.25. The van der Waals surface area contributed by atoms with Gasteiger partial charge in [0.1, 0.15) is 0 Å². The molecule has 0 aliphatic rings. The first-order valence-electron chi connectivity index (χ1n) is 4.57. The van der Waals surface area contributed by atoms with Crippen molar-refractivity contribution in [2.75, 3.05) is 13.6 Å². The van der Waals surface area contributed by atoms with E-state index in [1.165, 1.54) is 12.8 Å². The molecule has 2 nitrogen and oxygen atoms in total. The molecule has 0 spiro atoms. The van der Waals surface area contributed by atoms with E-state index in [0.29, 0.717) is 0 Å². The third-order valence-corrected chi connectivity index (χ3v) is 2.40. The van der Waals surface area contributed by atoms with E-state index in [4.69, 9.17) is 5.73 Å². The van der Waals surface area contributed by atoms with E-state index in [-0.39, 0.29) is 6.17 Å². The summed E-state index contributed by atoms with van der Waals surface area (Å²) < 4.78 is 0. The van der Waals surface area contributed by atoms with Crippen LogP contribution in [-0.4, -0.2) is 24.7 Å². The molecule has 2 N–H and O–H groups in total. The summed E-state index contributed by atoms with van der Waals surface area (Å²) in [6.07, 6.45) is 2.71. The van der Waals surface area contributed by atoms with Crippen LogP contribution in [0.1, 0.15) is 33.6 Å². The zero-order valence-corrected chi connectivity index (χ0v) is 8.30. The molecule has 0 bridgehead atoms. The third kappa shape index (κ3) is 4.38. The van der Waals surface area contributed by atoms with Gasteiger partial charge in [-0.05, 0) is 19.9 Å². The summed E-state index contributed by atoms with van der Waals surface area (Å²) in [4.78, 5) is 2.21. The van der Waals surface area contributed by atoms with Crippen molar-refractivity contribution < 1.29 is 0 Å². The lowest BCUT2D eigenvalue weighted by atomic mass is 10.0. The van der Waals surface area contributed by atoms with Crippen LogP contribution in [0.5, 0.6) is 0 Å². The van der Waals surface area contributed by atoms with Gasteiger partial charge in [0.25, 0.3) is 0 Å². The molecule has 0 amide bonds. The van der Waals surface area contributed by atoms with Gasteiger partial charge in [-0.1, -0.05) is 26.7 Å². The Labute approximate surface area is 70.8 Å². The topological polar surface area (TPSA) is 29.3 Å². The van der Waals surface area contributed by atoms with Crippen LogP contribution in [0.15, 0.2) is 0 Å². The van der Waals surface area contributed by atoms with Gasteiger partial charge in [-0.2, -0.15) is 0 Å². The van der Waals surface area contributed by atoms with Crippen molar-refractivity contribution in [1.29, 1.82) is 0 Å². The Bertz CT molecular complexity index is 87.6. The van der Waals surface area contributed by atoms with Crippen molar-refractivity contribution in [3.8, 4) is 0 Å². The Morgan fingerprint density at radius 3 is 2.00 bits per heavy atom. The average molecular weight is 158 g/mol. The molecule has 0 rings (SSSR count). The number of hydrogen-bond acceptors (Lipinski definition) is 2. The van der Waals surface area contributed by atoms with Crippen LogP contribution in [0, 0.1) is 5.92 Å². The molecule has 0 fully saturated rings. The highest BCUT2D eigenvalue weighted by molar-refractivity contribution is 4.62. The SMILES string of the molecule is CCC(CC)CN(C)C(C)N. The van der Waals surface area contributed by atoms with E-state index < -0.39 is 0 Å². The van der Waals surface area contributed by atoms with Crippen molar-refractivity contribution in [2.45, 2.75) is 39.8 Å². The second-order valence-electron chi connectivity index (χ2n) is 3.36. The molecule has 0 radical (unpaired) electrons. The van der Waals surface area contributed by atoms with E-state index >= 15 is 0 Å². The monoisotopic (exact) mass is 158 g/mol. The Morgan fingerprint density at radius 1 is 1.27 bits per heavy atom. The van der Waals surface area contributed by atoms with Gasteiger partial charge in [0, 0.05) is 6.54 Å². The summed E-state index contributed by atoms with van der Waals surface area (Å²) in [5.74, 6) is 0.811. The quantitative estimate of drug-likeness (QED) is 0.617. The maximum absolute atomic E-state index is 5.72. The summed E-state index contributed by atoms with van der Waals surface area (Å²) >= 11 is 0. The van der Waals surface area contributed by atoms with Crippen molar-refractivity contribution in [2.24, 2.45) is 11.7 Å². The second kappa shape index (κ2) is 5.56. The molecule has 1 atom stereocenters. The van der Waals surface area contributed by atoms with Crippen LogP contribution >= 0.6 is 0 Å². The van der Waals surface area contributed by atoms with Crippen LogP contribution in [0.4, 0.5) is 0 Å². The number of nitrogens with two attached hydrogens (primary N) is 1. The molecule has 0 aromatic heterocycles. The Hall–Kier alpha value is -0.0800. The van der Waals surface area contributed by atoms with Gasteiger partial charge < -0.3 is 5.73 Å². The summed E-state index contributed by atoms with van der Waals surface area (Å²) in [6.45, 7) is 7.64. The fourth-order valence-corrected chi connectivity index (χ4v) is 1.12. The highest BCUT2D eigenvalue weighted by Crippen LogP contribution is 2.08. The smallest absolute Gasteiger partial charge is 0.0540 e. The minimum atomic E-state index is 0.190. The van der Waals surface area contributed by atoms with Gasteiger partial charge in [0.2, 0.25) is 0 Å². The van der Waals surface area contributed by atoms with Crippen LogP contribution < -0.4 is 5.73 Å². The van der Waals surface area contributed by atoms with Crippen LogP contribution in [0.2, 0.25) is 0 Å². The van der Waals surface area contributed by atoms with Gasteiger partial charge in [-0.15, -0.1) is 0 Å². The first-order chi connectivity index (χ1) is 5.11. The first kappa shape index (κ1) is 10.9. The normalized spacial score (nSPS) is 14.5. The molecule has 0 aromatic rings. The minimum absolute atomic E-state index is 0.190. The molecular weight excluding hydrogens is 136 g/mol. The summed E-state index contributed by atoms with van der Waals surface area (Å²) in [7, 11) is 2.09. The second-order valence-corrected chi connectivity index (χ2v) is 3.36. The molecule has 0 saturated carbocycles. The van der Waals surface area contributed by atoms with Crippen molar-refractivity contribution in [3.05, 3.63) is 0 Å². The zero-order valence-electron chi connectivity index (χ0n) is 8.30. The van der Waals surface area contributed by atoms with Crippen LogP contribution in [-0.2, 0) is 0 Å². The van der Waals surface area contributed by atoms with Gasteiger partial charge in [0.15, 0.2) is 0 Å². The molecular formula is C9H22N2. The fourth-order valence-electron chi connectivity index (χ4n) is 1.12. The van der Waals surface area contributed by atoms with Crippen LogP contribution in [0.25, 0.3) is 0 Å². The number of nitrogens with zero attached hydrogens (tertiary/aromatic N) is 1. The van der Waals surface area contributed by atoms with Crippen molar-refractivity contribution in [1.82, 2.24) is 4.90 Å². The number of rotatable bonds is 5. The summed E-state index contributed by atoms with van der Waals surface area (Å²) in [6, 6.07) is 0. The standard InChI is InChI=1S/C9H22N2/c1-5-9(6-2)7-11(4)8(3)10/h8-9H,5-7,10H2,1-4H3. The number of hydrogen-bond donors (Lipinski definition) is 1. The fraction of sp³-hybridized carbons (Fsp3) is 1.00. The van der Waals surface area contributed by atoms with Gasteiger partial charge in [-0.3, -0.25) is 4.90 Å². The van der Waals surface area contributed by atoms with E-state index in [0.717, 1.165) is 12.5 Å². The molecule has 11 heavy (non-hydrogen) atoms. The Morgan fingerprint density at radius 2 is 1.73 bits per heavy atom. The van der Waals surface area contributed by atoms with E-state index in [1.807, 2.05) is 6.92 Å². The Kier molecular flexibility index (Phi) is 5.51. The Balaban J connectivity index is 3.62. The molecule has 0 aliphatic heterocycles. The zero-order chi connectivity index (χ0) is 8.85. The minimum Gasteiger partial charge on any atom is -0.316 e. The first-order valence-corrected chi connectivity index (χ1v) is 4.57. The van der Waals surface area contributed by atoms with Crippen molar-refractivity contribution >= 4 is 0 Å². The van der Waals surface area contributed by atoms with Gasteiger partial charge in [-0.25, -0.2) is 0 Å². The highest BCUT2D eigenvalue weighted by atomic mass is 15.2. The molecule has 2 heteroatoms. The highest BCUT2D eigenvalue weighted by Gasteiger charge is 2.09.